The Balaban J connectivity index is 2.03. The zero-order chi connectivity index (χ0) is 15.5. The van der Waals surface area contributed by atoms with Crippen LogP contribution in [0.4, 0.5) is 0 Å². The summed E-state index contributed by atoms with van der Waals surface area (Å²) in [6, 6.07) is 2.11. The van der Waals surface area contributed by atoms with E-state index in [0.717, 1.165) is 36.4 Å². The highest BCUT2D eigenvalue weighted by molar-refractivity contribution is 7.91. The fourth-order valence-corrected chi connectivity index (χ4v) is 5.50. The SMILES string of the molecule is CCN1CCCC1CNS(=O)(=O)c1cc(C)c(CNC)s1. The van der Waals surface area contributed by atoms with Crippen molar-refractivity contribution >= 4 is 21.4 Å². The molecule has 1 atom stereocenters. The Morgan fingerprint density at radius 3 is 2.90 bits per heavy atom. The first-order valence-corrected chi connectivity index (χ1v) is 9.75. The van der Waals surface area contributed by atoms with Crippen molar-refractivity contribution in [1.82, 2.24) is 14.9 Å². The second kappa shape index (κ2) is 7.19. The average Bonchev–Trinajstić information content (AvgIpc) is 3.04. The number of likely N-dealkylation sites (tertiary alicyclic amines) is 1. The molecular formula is C14H25N3O2S2. The molecule has 21 heavy (non-hydrogen) atoms. The predicted octanol–water partition coefficient (Wildman–Crippen LogP) is 1.54. The van der Waals surface area contributed by atoms with E-state index in [4.69, 9.17) is 0 Å². The van der Waals surface area contributed by atoms with E-state index in [1.165, 1.54) is 11.3 Å². The lowest BCUT2D eigenvalue weighted by molar-refractivity contribution is 0.268. The Kier molecular flexibility index (Phi) is 5.79. The Labute approximate surface area is 131 Å². The van der Waals surface area contributed by atoms with Gasteiger partial charge in [-0.1, -0.05) is 6.92 Å². The Morgan fingerprint density at radius 2 is 2.24 bits per heavy atom. The van der Waals surface area contributed by atoms with Gasteiger partial charge in [-0.05, 0) is 51.5 Å². The van der Waals surface area contributed by atoms with Gasteiger partial charge in [-0.25, -0.2) is 13.1 Å². The number of hydrogen-bond donors (Lipinski definition) is 2. The molecule has 1 aromatic rings. The molecular weight excluding hydrogens is 306 g/mol. The lowest BCUT2D eigenvalue weighted by Crippen LogP contribution is -2.39. The van der Waals surface area contributed by atoms with Gasteiger partial charge in [0.25, 0.3) is 0 Å². The van der Waals surface area contributed by atoms with Gasteiger partial charge in [-0.3, -0.25) is 4.90 Å². The van der Waals surface area contributed by atoms with E-state index in [-0.39, 0.29) is 0 Å². The monoisotopic (exact) mass is 331 g/mol. The Bertz CT molecular complexity index is 569. The summed E-state index contributed by atoms with van der Waals surface area (Å²) in [5.74, 6) is 0. The average molecular weight is 332 g/mol. The number of aryl methyl sites for hydroxylation is 1. The third kappa shape index (κ3) is 4.04. The van der Waals surface area contributed by atoms with E-state index in [2.05, 4.69) is 21.9 Å². The van der Waals surface area contributed by atoms with Gasteiger partial charge in [-0.2, -0.15) is 0 Å². The normalized spacial score (nSPS) is 20.2. The number of thiophene rings is 1. The molecule has 1 aliphatic heterocycles. The van der Waals surface area contributed by atoms with E-state index >= 15 is 0 Å². The van der Waals surface area contributed by atoms with Crippen LogP contribution < -0.4 is 10.0 Å². The topological polar surface area (TPSA) is 61.4 Å². The largest absolute Gasteiger partial charge is 0.315 e. The maximum atomic E-state index is 12.4. The van der Waals surface area contributed by atoms with Crippen LogP contribution in [-0.2, 0) is 16.6 Å². The molecule has 1 fully saturated rings. The number of nitrogens with zero attached hydrogens (tertiary/aromatic N) is 1. The van der Waals surface area contributed by atoms with Crippen LogP contribution >= 0.6 is 11.3 Å². The summed E-state index contributed by atoms with van der Waals surface area (Å²) < 4.78 is 28.0. The van der Waals surface area contributed by atoms with Gasteiger partial charge >= 0.3 is 0 Å². The molecule has 120 valence electrons. The Hall–Kier alpha value is -0.470. The molecule has 1 saturated heterocycles. The molecule has 2 rings (SSSR count). The molecule has 1 aromatic heterocycles. The van der Waals surface area contributed by atoms with Crippen molar-refractivity contribution in [3.8, 4) is 0 Å². The maximum Gasteiger partial charge on any atom is 0.250 e. The van der Waals surface area contributed by atoms with E-state index in [9.17, 15) is 8.42 Å². The number of nitrogens with one attached hydrogen (secondary N) is 2. The molecule has 0 saturated carbocycles. The van der Waals surface area contributed by atoms with Crippen molar-refractivity contribution in [3.63, 3.8) is 0 Å². The summed E-state index contributed by atoms with van der Waals surface area (Å²) in [6.45, 7) is 7.36. The summed E-state index contributed by atoms with van der Waals surface area (Å²) in [7, 11) is -1.52. The summed E-state index contributed by atoms with van der Waals surface area (Å²) in [5.41, 5.74) is 1.03. The van der Waals surface area contributed by atoms with Crippen molar-refractivity contribution in [3.05, 3.63) is 16.5 Å². The van der Waals surface area contributed by atoms with Gasteiger partial charge in [0.05, 0.1) is 0 Å². The first-order valence-electron chi connectivity index (χ1n) is 7.45. The van der Waals surface area contributed by atoms with E-state index in [0.29, 0.717) is 23.3 Å². The minimum absolute atomic E-state index is 0.336. The van der Waals surface area contributed by atoms with Crippen molar-refractivity contribution in [1.29, 1.82) is 0 Å². The first kappa shape index (κ1) is 16.9. The molecule has 0 aliphatic carbocycles. The molecule has 0 spiro atoms. The van der Waals surface area contributed by atoms with Crippen molar-refractivity contribution in [2.45, 2.75) is 43.5 Å². The van der Waals surface area contributed by atoms with Crippen LogP contribution in [0.25, 0.3) is 0 Å². The molecule has 2 N–H and O–H groups in total. The highest BCUT2D eigenvalue weighted by Crippen LogP contribution is 2.26. The Morgan fingerprint density at radius 1 is 1.48 bits per heavy atom. The van der Waals surface area contributed by atoms with Gasteiger partial charge in [0.1, 0.15) is 4.21 Å². The van der Waals surface area contributed by atoms with Crippen LogP contribution in [0.2, 0.25) is 0 Å². The summed E-state index contributed by atoms with van der Waals surface area (Å²) in [6.07, 6.45) is 2.23. The third-order valence-electron chi connectivity index (χ3n) is 4.01. The molecule has 0 bridgehead atoms. The van der Waals surface area contributed by atoms with Crippen LogP contribution in [0.15, 0.2) is 10.3 Å². The van der Waals surface area contributed by atoms with Crippen LogP contribution in [-0.4, -0.2) is 46.0 Å². The van der Waals surface area contributed by atoms with Crippen molar-refractivity contribution < 1.29 is 8.42 Å². The number of hydrogen-bond acceptors (Lipinski definition) is 5. The van der Waals surface area contributed by atoms with Gasteiger partial charge < -0.3 is 5.32 Å². The molecule has 7 heteroatoms. The molecule has 5 nitrogen and oxygen atoms in total. The summed E-state index contributed by atoms with van der Waals surface area (Å²) in [4.78, 5) is 3.42. The summed E-state index contributed by atoms with van der Waals surface area (Å²) in [5, 5.41) is 3.07. The van der Waals surface area contributed by atoms with Gasteiger partial charge in [0, 0.05) is 24.0 Å². The van der Waals surface area contributed by atoms with Crippen LogP contribution in [0.3, 0.4) is 0 Å². The van der Waals surface area contributed by atoms with Crippen molar-refractivity contribution in [2.75, 3.05) is 26.7 Å². The van der Waals surface area contributed by atoms with Crippen LogP contribution in [0.5, 0.6) is 0 Å². The maximum absolute atomic E-state index is 12.4. The van der Waals surface area contributed by atoms with E-state index < -0.39 is 10.0 Å². The lowest BCUT2D eigenvalue weighted by Gasteiger charge is -2.22. The minimum Gasteiger partial charge on any atom is -0.315 e. The molecule has 0 amide bonds. The van der Waals surface area contributed by atoms with Crippen LogP contribution in [0, 0.1) is 6.92 Å². The first-order chi connectivity index (χ1) is 9.97. The smallest absolute Gasteiger partial charge is 0.250 e. The second-order valence-corrected chi connectivity index (χ2v) is 8.61. The molecule has 2 heterocycles. The fourth-order valence-electron chi connectivity index (χ4n) is 2.78. The number of rotatable bonds is 7. The molecule has 1 unspecified atom stereocenters. The zero-order valence-corrected chi connectivity index (χ0v) is 14.6. The quantitative estimate of drug-likeness (QED) is 0.796. The van der Waals surface area contributed by atoms with Gasteiger partial charge in [0.15, 0.2) is 0 Å². The minimum atomic E-state index is -3.39. The van der Waals surface area contributed by atoms with E-state index in [1.54, 1.807) is 6.07 Å². The van der Waals surface area contributed by atoms with Crippen molar-refractivity contribution in [2.24, 2.45) is 0 Å². The van der Waals surface area contributed by atoms with Crippen LogP contribution in [0.1, 0.15) is 30.2 Å². The molecule has 0 aromatic carbocycles. The molecule has 0 radical (unpaired) electrons. The number of sulfonamides is 1. The standard InChI is InChI=1S/C14H25N3O2S2/c1-4-17-7-5-6-12(17)9-16-21(18,19)14-8-11(2)13(20-14)10-15-3/h8,12,15-16H,4-7,9-10H2,1-3H3. The highest BCUT2D eigenvalue weighted by Gasteiger charge is 2.26. The second-order valence-electron chi connectivity index (χ2n) is 5.48. The van der Waals surface area contributed by atoms with Gasteiger partial charge in [-0.15, -0.1) is 11.3 Å². The van der Waals surface area contributed by atoms with Gasteiger partial charge in [0.2, 0.25) is 10.0 Å². The predicted molar refractivity (Wildman–Crippen MR) is 87.3 cm³/mol. The zero-order valence-electron chi connectivity index (χ0n) is 13.0. The highest BCUT2D eigenvalue weighted by atomic mass is 32.2. The third-order valence-corrected chi connectivity index (χ3v) is 7.15. The summed E-state index contributed by atoms with van der Waals surface area (Å²) >= 11 is 1.35. The fraction of sp³-hybridized carbons (Fsp3) is 0.714. The lowest BCUT2D eigenvalue weighted by atomic mass is 10.2. The molecule has 1 aliphatic rings. The van der Waals surface area contributed by atoms with E-state index in [1.807, 2.05) is 14.0 Å². The number of likely N-dealkylation sites (N-methyl/N-ethyl adjacent to an activating group) is 1.